The maximum Gasteiger partial charge on any atom is 0.217 e. The molecule has 7 heteroatoms. The molecule has 0 amide bonds. The molecular weight excluding hydrogens is 246 g/mol. The van der Waals surface area contributed by atoms with Crippen molar-refractivity contribution in [2.24, 2.45) is 0 Å². The number of alkyl halides is 3. The molecule has 0 unspecified atom stereocenters. The van der Waals surface area contributed by atoms with Crippen molar-refractivity contribution in [3.63, 3.8) is 0 Å². The molecule has 0 aliphatic carbocycles. The Labute approximate surface area is 87.6 Å². The molecule has 3 atom stereocenters. The number of hydrogen-bond donors (Lipinski definition) is 1. The average molecular weight is 254 g/mol. The molecule has 1 heterocycles. The van der Waals surface area contributed by atoms with Crippen LogP contribution >= 0.6 is 34.8 Å². The molecular formula is C5H7Cl3O3S. The fraction of sp³-hybridized carbons (Fsp3) is 1.00. The van der Waals surface area contributed by atoms with Crippen LogP contribution in [0, 0.1) is 0 Å². The van der Waals surface area contributed by atoms with Crippen LogP contribution in [0.2, 0.25) is 0 Å². The molecule has 0 spiro atoms. The van der Waals surface area contributed by atoms with Crippen LogP contribution in [0.3, 0.4) is 0 Å². The minimum absolute atomic E-state index is 0.328. The maximum absolute atomic E-state index is 11.0. The summed E-state index contributed by atoms with van der Waals surface area (Å²) < 4.78 is 13.9. The summed E-state index contributed by atoms with van der Waals surface area (Å²) in [6.45, 7) is 0.328. The predicted octanol–water partition coefficient (Wildman–Crippen LogP) is 1.17. The van der Waals surface area contributed by atoms with Crippen LogP contribution in [0.5, 0.6) is 0 Å². The third-order valence-electron chi connectivity index (χ3n) is 1.54. The van der Waals surface area contributed by atoms with Crippen molar-refractivity contribution in [1.29, 1.82) is 0 Å². The third-order valence-corrected chi connectivity index (χ3v) is 3.59. The van der Waals surface area contributed by atoms with Gasteiger partial charge in [-0.2, -0.15) is 0 Å². The topological polar surface area (TPSA) is 46.5 Å². The first-order chi connectivity index (χ1) is 5.43. The lowest BCUT2D eigenvalue weighted by Gasteiger charge is -2.22. The number of halogens is 3. The van der Waals surface area contributed by atoms with Gasteiger partial charge in [-0.1, -0.05) is 34.8 Å². The monoisotopic (exact) mass is 252 g/mol. The van der Waals surface area contributed by atoms with Crippen LogP contribution in [0.15, 0.2) is 0 Å². The van der Waals surface area contributed by atoms with Gasteiger partial charge in [-0.05, 0) is 6.42 Å². The highest BCUT2D eigenvalue weighted by atomic mass is 35.6. The zero-order valence-corrected chi connectivity index (χ0v) is 8.96. The van der Waals surface area contributed by atoms with E-state index in [1.165, 1.54) is 0 Å². The molecule has 0 bridgehead atoms. The molecule has 1 fully saturated rings. The molecule has 1 aliphatic rings. The van der Waals surface area contributed by atoms with Gasteiger partial charge in [0.2, 0.25) is 3.79 Å². The van der Waals surface area contributed by atoms with Gasteiger partial charge in [0.1, 0.15) is 6.10 Å². The summed E-state index contributed by atoms with van der Waals surface area (Å²) in [5.41, 5.74) is 0. The fourth-order valence-corrected chi connectivity index (χ4v) is 2.72. The van der Waals surface area contributed by atoms with Crippen molar-refractivity contribution in [1.82, 2.24) is 0 Å². The van der Waals surface area contributed by atoms with Crippen molar-refractivity contribution in [2.45, 2.75) is 21.6 Å². The zero-order valence-electron chi connectivity index (χ0n) is 5.87. The molecule has 3 nitrogen and oxygen atoms in total. The van der Waals surface area contributed by atoms with Crippen LogP contribution in [0.25, 0.3) is 0 Å². The number of hydrogen-bond acceptors (Lipinski definition) is 3. The largest absolute Gasteiger partial charge is 0.387 e. The quantitative estimate of drug-likeness (QED) is 0.714. The minimum Gasteiger partial charge on any atom is -0.387 e. The van der Waals surface area contributed by atoms with Gasteiger partial charge in [0.05, 0.1) is 11.9 Å². The van der Waals surface area contributed by atoms with E-state index in [0.717, 1.165) is 0 Å². The van der Waals surface area contributed by atoms with Crippen molar-refractivity contribution in [3.8, 4) is 0 Å². The fourth-order valence-electron chi connectivity index (χ4n) is 0.904. The molecule has 1 aliphatic heterocycles. The van der Waals surface area contributed by atoms with Crippen molar-refractivity contribution >= 4 is 45.9 Å². The summed E-state index contributed by atoms with van der Waals surface area (Å²) >= 11 is 14.7. The first-order valence-electron chi connectivity index (χ1n) is 3.21. The Morgan fingerprint density at radius 1 is 1.58 bits per heavy atom. The summed E-state index contributed by atoms with van der Waals surface area (Å²) in [4.78, 5) is 0. The van der Waals surface area contributed by atoms with E-state index in [1.807, 2.05) is 0 Å². The summed E-state index contributed by atoms with van der Waals surface area (Å²) in [7, 11) is 0. The van der Waals surface area contributed by atoms with E-state index in [-0.39, 0.29) is 0 Å². The van der Waals surface area contributed by atoms with Crippen molar-refractivity contribution in [3.05, 3.63) is 0 Å². The molecule has 0 aromatic rings. The molecule has 1 N–H and O–H groups in total. The van der Waals surface area contributed by atoms with Crippen molar-refractivity contribution < 1.29 is 13.5 Å². The number of aliphatic hydroxyl groups is 1. The molecule has 1 saturated heterocycles. The van der Waals surface area contributed by atoms with Crippen LogP contribution in [-0.4, -0.2) is 31.1 Å². The molecule has 0 aromatic carbocycles. The van der Waals surface area contributed by atoms with E-state index in [2.05, 4.69) is 0 Å². The molecule has 0 saturated carbocycles. The summed E-state index contributed by atoms with van der Waals surface area (Å²) in [5.74, 6) is 0. The van der Waals surface area contributed by atoms with Gasteiger partial charge in [-0.3, -0.25) is 4.18 Å². The van der Waals surface area contributed by atoms with E-state index in [4.69, 9.17) is 39.0 Å². The predicted molar refractivity (Wildman–Crippen MR) is 48.8 cm³/mol. The SMILES string of the molecule is O=[S@]1OCC[C@@H]1[C@@H](O)C(Cl)(Cl)Cl. The second-order valence-electron chi connectivity index (χ2n) is 2.40. The lowest BCUT2D eigenvalue weighted by molar-refractivity contribution is 0.173. The van der Waals surface area contributed by atoms with E-state index < -0.39 is 26.2 Å². The highest BCUT2D eigenvalue weighted by molar-refractivity contribution is 7.81. The van der Waals surface area contributed by atoms with Gasteiger partial charge >= 0.3 is 0 Å². The smallest absolute Gasteiger partial charge is 0.217 e. The molecule has 1 rings (SSSR count). The summed E-state index contributed by atoms with van der Waals surface area (Å²) in [5, 5.41) is 8.79. The minimum atomic E-state index is -1.80. The van der Waals surface area contributed by atoms with Crippen molar-refractivity contribution in [2.75, 3.05) is 6.61 Å². The van der Waals surface area contributed by atoms with Gasteiger partial charge < -0.3 is 5.11 Å². The van der Waals surface area contributed by atoms with Gasteiger partial charge in [0.15, 0.2) is 11.1 Å². The summed E-state index contributed by atoms with van der Waals surface area (Å²) in [6.07, 6.45) is -0.798. The van der Waals surface area contributed by atoms with E-state index in [1.54, 1.807) is 0 Å². The molecule has 72 valence electrons. The van der Waals surface area contributed by atoms with E-state index in [9.17, 15) is 9.32 Å². The lowest BCUT2D eigenvalue weighted by atomic mass is 10.2. The summed E-state index contributed by atoms with van der Waals surface area (Å²) in [6, 6.07) is 0. The Hall–Kier alpha value is 0.940. The molecule has 0 radical (unpaired) electrons. The first-order valence-corrected chi connectivity index (χ1v) is 5.49. The Morgan fingerprint density at radius 2 is 2.17 bits per heavy atom. The van der Waals surface area contributed by atoms with Crippen LogP contribution in [-0.2, 0) is 15.3 Å². The van der Waals surface area contributed by atoms with E-state index >= 15 is 0 Å². The van der Waals surface area contributed by atoms with Crippen LogP contribution in [0.4, 0.5) is 0 Å². The Morgan fingerprint density at radius 3 is 2.50 bits per heavy atom. The highest BCUT2D eigenvalue weighted by Gasteiger charge is 2.42. The Kier molecular flexibility index (Phi) is 3.66. The third kappa shape index (κ3) is 2.47. The second kappa shape index (κ2) is 3.98. The van der Waals surface area contributed by atoms with Crippen LogP contribution < -0.4 is 0 Å². The standard InChI is InChI=1S/C5H7Cl3O3S/c6-5(7,8)4(9)3-1-2-11-12(3)10/h3-4,9H,1-2H2/t3-,4-,12+/m1/s1. The lowest BCUT2D eigenvalue weighted by Crippen LogP contribution is -2.38. The van der Waals surface area contributed by atoms with E-state index in [0.29, 0.717) is 13.0 Å². The van der Waals surface area contributed by atoms with Gasteiger partial charge in [0.25, 0.3) is 0 Å². The highest BCUT2D eigenvalue weighted by Crippen LogP contribution is 2.35. The Balaban J connectivity index is 2.63. The number of aliphatic hydroxyl groups excluding tert-OH is 1. The van der Waals surface area contributed by atoms with Gasteiger partial charge in [0, 0.05) is 0 Å². The van der Waals surface area contributed by atoms with Gasteiger partial charge in [-0.25, -0.2) is 4.21 Å². The normalized spacial score (nSPS) is 33.7. The molecule has 0 aromatic heterocycles. The second-order valence-corrected chi connectivity index (χ2v) is 6.13. The first kappa shape index (κ1) is 11.0. The zero-order chi connectivity index (χ0) is 9.35. The number of rotatable bonds is 1. The van der Waals surface area contributed by atoms with Crippen LogP contribution in [0.1, 0.15) is 6.42 Å². The maximum atomic E-state index is 11.0. The average Bonchev–Trinajstić information content (AvgIpc) is 2.31. The Bertz CT molecular complexity index is 193. The molecule has 12 heavy (non-hydrogen) atoms. The van der Waals surface area contributed by atoms with Gasteiger partial charge in [-0.15, -0.1) is 0 Å².